The number of rotatable bonds is 8. The van der Waals surface area contributed by atoms with Gasteiger partial charge in [-0.05, 0) is 43.4 Å². The summed E-state index contributed by atoms with van der Waals surface area (Å²) in [5.74, 6) is -0.519. The number of carbonyl (C=O) groups is 4. The van der Waals surface area contributed by atoms with Crippen LogP contribution in [0.25, 0.3) is 0 Å². The van der Waals surface area contributed by atoms with Crippen LogP contribution in [0.15, 0.2) is 29.6 Å². The molecular weight excluding hydrogens is 521 g/mol. The van der Waals surface area contributed by atoms with Gasteiger partial charge in [-0.3, -0.25) is 19.2 Å². The van der Waals surface area contributed by atoms with E-state index in [0.717, 1.165) is 21.8 Å². The molecule has 1 aliphatic rings. The Morgan fingerprint density at radius 3 is 2.05 bits per heavy atom. The number of nitrogens with two attached hydrogens (primary N) is 3. The second-order valence-electron chi connectivity index (χ2n) is 8.48. The third kappa shape index (κ3) is 13.7. The van der Waals surface area contributed by atoms with Crippen LogP contribution >= 0.6 is 23.2 Å². The molecule has 0 aliphatic carbocycles. The van der Waals surface area contributed by atoms with Crippen molar-refractivity contribution in [1.82, 2.24) is 15.5 Å². The molecule has 1 heterocycles. The van der Waals surface area contributed by atoms with Crippen molar-refractivity contribution in [1.29, 1.82) is 5.41 Å². The highest BCUT2D eigenvalue weighted by Gasteiger charge is 2.25. The van der Waals surface area contributed by atoms with Crippen LogP contribution in [0.3, 0.4) is 0 Å². The number of allylic oxidation sites excluding steroid dienone is 1. The maximum atomic E-state index is 12.0. The number of nitrogens with zero attached hydrogens (tertiary/aromatic N) is 1. The van der Waals surface area contributed by atoms with E-state index in [1.807, 2.05) is 43.9 Å². The Hall–Kier alpha value is -3.15. The Morgan fingerprint density at radius 1 is 1.16 bits per heavy atom. The van der Waals surface area contributed by atoms with Gasteiger partial charge in [-0.1, -0.05) is 43.1 Å². The van der Waals surface area contributed by atoms with Crippen molar-refractivity contribution in [3.63, 3.8) is 0 Å². The molecule has 1 fully saturated rings. The summed E-state index contributed by atoms with van der Waals surface area (Å²) >= 11 is 11.5. The molecule has 13 heteroatoms. The Morgan fingerprint density at radius 2 is 1.68 bits per heavy atom. The molecule has 0 aromatic heterocycles. The van der Waals surface area contributed by atoms with E-state index in [1.165, 1.54) is 0 Å². The summed E-state index contributed by atoms with van der Waals surface area (Å²) < 4.78 is 0. The molecule has 11 nitrogen and oxygen atoms in total. The van der Waals surface area contributed by atoms with E-state index in [0.29, 0.717) is 44.7 Å². The first-order chi connectivity index (χ1) is 17.4. The summed E-state index contributed by atoms with van der Waals surface area (Å²) in [6.45, 7) is 7.06. The van der Waals surface area contributed by atoms with Crippen LogP contribution in [0.1, 0.15) is 38.7 Å². The molecular formula is C24H37Cl2N7O4. The Bertz CT molecular complexity index is 942. The Kier molecular flexibility index (Phi) is 16.6. The van der Waals surface area contributed by atoms with Crippen LogP contribution in [0, 0.1) is 18.3 Å². The molecule has 0 unspecified atom stereocenters. The van der Waals surface area contributed by atoms with Crippen LogP contribution in [-0.2, 0) is 19.2 Å². The van der Waals surface area contributed by atoms with Crippen LogP contribution in [0.4, 0.5) is 0 Å². The summed E-state index contributed by atoms with van der Waals surface area (Å²) in [4.78, 5) is 45.7. The lowest BCUT2D eigenvalue weighted by atomic mass is 10.0. The summed E-state index contributed by atoms with van der Waals surface area (Å²) in [5.41, 5.74) is 15.6. The number of benzene rings is 1. The monoisotopic (exact) mass is 557 g/mol. The number of primary amides is 1. The van der Waals surface area contributed by atoms with E-state index in [1.54, 1.807) is 0 Å². The minimum atomic E-state index is -0.523. The number of halogens is 2. The lowest BCUT2D eigenvalue weighted by molar-refractivity contribution is -0.133. The van der Waals surface area contributed by atoms with E-state index < -0.39 is 11.8 Å². The summed E-state index contributed by atoms with van der Waals surface area (Å²) in [5, 5.41) is 13.6. The molecule has 1 aliphatic heterocycles. The summed E-state index contributed by atoms with van der Waals surface area (Å²) in [6, 6.07) is 5.40. The zero-order valence-corrected chi connectivity index (χ0v) is 22.9. The molecule has 206 valence electrons. The van der Waals surface area contributed by atoms with Crippen molar-refractivity contribution in [3.05, 3.63) is 45.2 Å². The molecule has 1 saturated heterocycles. The van der Waals surface area contributed by atoms with Crippen molar-refractivity contribution >= 4 is 53.5 Å². The fourth-order valence-corrected chi connectivity index (χ4v) is 3.38. The topological polar surface area (TPSA) is 197 Å². The van der Waals surface area contributed by atoms with Gasteiger partial charge in [0.1, 0.15) is 5.70 Å². The molecule has 1 aromatic rings. The number of amides is 4. The van der Waals surface area contributed by atoms with E-state index >= 15 is 0 Å². The molecule has 0 saturated carbocycles. The number of nitrogens with one attached hydrogen (secondary N) is 3. The van der Waals surface area contributed by atoms with Gasteiger partial charge in [-0.15, -0.1) is 0 Å². The Labute approximate surface area is 227 Å². The zero-order chi connectivity index (χ0) is 28.5. The van der Waals surface area contributed by atoms with Crippen molar-refractivity contribution < 1.29 is 19.2 Å². The van der Waals surface area contributed by atoms with Gasteiger partial charge in [0, 0.05) is 41.8 Å². The van der Waals surface area contributed by atoms with Crippen molar-refractivity contribution in [3.8, 4) is 0 Å². The lowest BCUT2D eigenvalue weighted by Crippen LogP contribution is -2.48. The molecule has 0 spiro atoms. The maximum Gasteiger partial charge on any atom is 0.269 e. The molecule has 0 bridgehead atoms. The minimum absolute atomic E-state index is 0.0398. The highest BCUT2D eigenvalue weighted by Crippen LogP contribution is 2.22. The summed E-state index contributed by atoms with van der Waals surface area (Å²) in [6.07, 6.45) is 3.02. The minimum Gasteiger partial charge on any atom is -0.393 e. The van der Waals surface area contributed by atoms with Crippen LogP contribution in [0.2, 0.25) is 10.0 Å². The third-order valence-electron chi connectivity index (χ3n) is 5.06. The van der Waals surface area contributed by atoms with Gasteiger partial charge in [0.05, 0.1) is 12.2 Å². The molecule has 0 radical (unpaired) electrons. The fraction of sp³-hybridized carbons (Fsp3) is 0.458. The van der Waals surface area contributed by atoms with E-state index in [-0.39, 0.29) is 29.9 Å². The first-order valence-electron chi connectivity index (χ1n) is 11.6. The largest absolute Gasteiger partial charge is 0.393 e. The van der Waals surface area contributed by atoms with Gasteiger partial charge >= 0.3 is 0 Å². The average Bonchev–Trinajstić information content (AvgIpc) is 2.86. The highest BCUT2D eigenvalue weighted by molar-refractivity contribution is 6.35. The smallest absolute Gasteiger partial charge is 0.269 e. The number of piperidine rings is 1. The van der Waals surface area contributed by atoms with E-state index in [9.17, 15) is 19.2 Å². The third-order valence-corrected chi connectivity index (χ3v) is 5.88. The second kappa shape index (κ2) is 18.1. The number of likely N-dealkylation sites (tertiary alicyclic amines) is 1. The molecule has 9 N–H and O–H groups in total. The van der Waals surface area contributed by atoms with Crippen LogP contribution in [-0.4, -0.2) is 60.9 Å². The first kappa shape index (κ1) is 33.8. The first-order valence-corrected chi connectivity index (χ1v) is 12.3. The maximum absolute atomic E-state index is 12.0. The standard InChI is InChI=1S/C15H25N5O3.C7H6Cl2.C2H6N2O/c1-10(2)7-13(22)20-5-3-11(4-6-20)19-15(23)14(17)12(8-16)18-9-21;1-5-6(8)3-2-4-7(5)9;3-1-2(4)5/h8-11,16H,3-7,17H2,1-2H3,(H,18,21)(H,19,23);2-4H,1H3;1,3H2,(H2,4,5)/b14-12+,16-8?;;. The number of carbonyl (C=O) groups excluding carboxylic acids is 4. The SMILES string of the molecule is CC(C)CC(=O)N1CCC(NC(=O)/C(N)=C(/C=N)NC=O)CC1.Cc1c(Cl)cccc1Cl.NCC(N)=O. The van der Waals surface area contributed by atoms with Crippen molar-refractivity contribution in [2.45, 2.75) is 46.1 Å². The fourth-order valence-electron chi connectivity index (χ4n) is 2.98. The van der Waals surface area contributed by atoms with Crippen LogP contribution in [0.5, 0.6) is 0 Å². The predicted molar refractivity (Wildman–Crippen MR) is 146 cm³/mol. The number of hydrogen-bond donors (Lipinski definition) is 6. The lowest BCUT2D eigenvalue weighted by Gasteiger charge is -2.33. The molecule has 4 amide bonds. The highest BCUT2D eigenvalue weighted by atomic mass is 35.5. The van der Waals surface area contributed by atoms with Gasteiger partial charge in [-0.2, -0.15) is 0 Å². The van der Waals surface area contributed by atoms with E-state index in [4.69, 9.17) is 40.1 Å². The quantitative estimate of drug-likeness (QED) is 0.158. The van der Waals surface area contributed by atoms with Crippen LogP contribution < -0.4 is 27.8 Å². The molecule has 2 rings (SSSR count). The molecule has 37 heavy (non-hydrogen) atoms. The predicted octanol–water partition coefficient (Wildman–Crippen LogP) is 1.44. The van der Waals surface area contributed by atoms with Gasteiger partial charge < -0.3 is 38.1 Å². The zero-order valence-electron chi connectivity index (χ0n) is 21.4. The molecule has 1 aromatic carbocycles. The molecule has 0 atom stereocenters. The van der Waals surface area contributed by atoms with Gasteiger partial charge in [-0.25, -0.2) is 0 Å². The normalized spacial score (nSPS) is 13.6. The van der Waals surface area contributed by atoms with E-state index in [2.05, 4.69) is 16.4 Å². The Balaban J connectivity index is 0.000000752. The van der Waals surface area contributed by atoms with Crippen molar-refractivity contribution in [2.75, 3.05) is 19.6 Å². The summed E-state index contributed by atoms with van der Waals surface area (Å²) in [7, 11) is 0. The average molecular weight is 559 g/mol. The van der Waals surface area contributed by atoms with Crippen molar-refractivity contribution in [2.24, 2.45) is 23.1 Å². The van der Waals surface area contributed by atoms with Gasteiger partial charge in [0.15, 0.2) is 0 Å². The second-order valence-corrected chi connectivity index (χ2v) is 9.29. The van der Waals surface area contributed by atoms with Gasteiger partial charge in [0.2, 0.25) is 18.2 Å². The number of hydrogen-bond acceptors (Lipinski definition) is 7. The van der Waals surface area contributed by atoms with Gasteiger partial charge in [0.25, 0.3) is 5.91 Å².